The number of ether oxygens (including phenoxy) is 5. The van der Waals surface area contributed by atoms with E-state index < -0.39 is 6.29 Å². The average Bonchev–Trinajstić information content (AvgIpc) is 3.49. The largest absolute Gasteiger partial charge is 0.459 e. The Morgan fingerprint density at radius 3 is 2.91 bits per heavy atom. The smallest absolute Gasteiger partial charge is 0.286 e. The van der Waals surface area contributed by atoms with Crippen LogP contribution in [-0.4, -0.2) is 81.0 Å². The Morgan fingerprint density at radius 2 is 2.09 bits per heavy atom. The summed E-state index contributed by atoms with van der Waals surface area (Å²) in [7, 11) is 0. The standard InChI is InChI=1S/C24H32N2O8/c27-9-10-30-11-12-31-23-15-18(17-4-5-19-20(13-17)33-16-32-19)14-21(34-23)24(29)25-6-2-8-26-7-1-3-22(26)28/h4-5,13-14,18,23,27H,1-3,6-12,15-16H2,(H,25,29)/t18-,23+/m0/s1. The number of benzene rings is 1. The van der Waals surface area contributed by atoms with Crippen LogP contribution >= 0.6 is 0 Å². The van der Waals surface area contributed by atoms with Crippen molar-refractivity contribution in [1.29, 1.82) is 0 Å². The van der Waals surface area contributed by atoms with Crippen molar-refractivity contribution in [3.63, 3.8) is 0 Å². The van der Waals surface area contributed by atoms with Gasteiger partial charge in [-0.3, -0.25) is 9.59 Å². The van der Waals surface area contributed by atoms with E-state index in [9.17, 15) is 9.59 Å². The van der Waals surface area contributed by atoms with Crippen LogP contribution in [0.2, 0.25) is 0 Å². The number of hydrogen-bond acceptors (Lipinski definition) is 8. The molecule has 3 aliphatic heterocycles. The van der Waals surface area contributed by atoms with Gasteiger partial charge in [0.2, 0.25) is 19.0 Å². The minimum absolute atomic E-state index is 0.0505. The monoisotopic (exact) mass is 476 g/mol. The van der Waals surface area contributed by atoms with E-state index in [1.165, 1.54) is 0 Å². The number of amides is 2. The quantitative estimate of drug-likeness (QED) is 0.434. The molecule has 0 unspecified atom stereocenters. The van der Waals surface area contributed by atoms with Crippen LogP contribution in [-0.2, 0) is 23.8 Å². The number of hydrogen-bond donors (Lipinski definition) is 2. The lowest BCUT2D eigenvalue weighted by Gasteiger charge is -2.29. The van der Waals surface area contributed by atoms with Crippen LogP contribution in [0.3, 0.4) is 0 Å². The molecule has 0 aliphatic carbocycles. The van der Waals surface area contributed by atoms with Crippen LogP contribution in [0.15, 0.2) is 30.0 Å². The molecule has 1 saturated heterocycles. The molecule has 2 N–H and O–H groups in total. The topological polar surface area (TPSA) is 116 Å². The molecule has 0 aromatic heterocycles. The van der Waals surface area contributed by atoms with Crippen molar-refractivity contribution in [2.45, 2.75) is 37.9 Å². The van der Waals surface area contributed by atoms with Gasteiger partial charge in [0.1, 0.15) is 0 Å². The molecule has 10 heteroatoms. The Morgan fingerprint density at radius 1 is 1.21 bits per heavy atom. The minimum atomic E-state index is -0.624. The first-order chi connectivity index (χ1) is 16.6. The Balaban J connectivity index is 1.36. The Labute approximate surface area is 198 Å². The van der Waals surface area contributed by atoms with Crippen LogP contribution in [0.5, 0.6) is 11.5 Å². The number of nitrogens with zero attached hydrogens (tertiary/aromatic N) is 1. The van der Waals surface area contributed by atoms with E-state index in [-0.39, 0.29) is 50.1 Å². The number of nitrogens with one attached hydrogen (secondary N) is 1. The van der Waals surface area contributed by atoms with Crippen molar-refractivity contribution in [2.24, 2.45) is 0 Å². The Hall–Kier alpha value is -2.82. The lowest BCUT2D eigenvalue weighted by atomic mass is 9.92. The van der Waals surface area contributed by atoms with Crippen LogP contribution < -0.4 is 14.8 Å². The minimum Gasteiger partial charge on any atom is -0.459 e. The van der Waals surface area contributed by atoms with Crippen molar-refractivity contribution >= 4 is 11.8 Å². The third-order valence-electron chi connectivity index (χ3n) is 5.93. The van der Waals surface area contributed by atoms with E-state index in [1.807, 2.05) is 23.1 Å². The molecule has 0 bridgehead atoms. The first-order valence-corrected chi connectivity index (χ1v) is 11.8. The van der Waals surface area contributed by atoms with Crippen molar-refractivity contribution in [3.8, 4) is 11.5 Å². The molecule has 34 heavy (non-hydrogen) atoms. The first-order valence-electron chi connectivity index (χ1n) is 11.8. The second-order valence-electron chi connectivity index (χ2n) is 8.33. The van der Waals surface area contributed by atoms with Crippen LogP contribution in [0.4, 0.5) is 0 Å². The molecule has 0 spiro atoms. The fraction of sp³-hybridized carbons (Fsp3) is 0.583. The van der Waals surface area contributed by atoms with Crippen molar-refractivity contribution in [2.75, 3.05) is 52.9 Å². The number of carbonyl (C=O) groups is 2. The lowest BCUT2D eigenvalue weighted by molar-refractivity contribution is -0.151. The van der Waals surface area contributed by atoms with Gasteiger partial charge in [-0.15, -0.1) is 0 Å². The van der Waals surface area contributed by atoms with Crippen LogP contribution in [0.1, 0.15) is 37.2 Å². The molecular weight excluding hydrogens is 444 g/mol. The highest BCUT2D eigenvalue weighted by Crippen LogP contribution is 2.38. The number of aliphatic hydroxyl groups is 1. The van der Waals surface area contributed by atoms with E-state index in [1.54, 1.807) is 6.08 Å². The van der Waals surface area contributed by atoms with Gasteiger partial charge in [-0.05, 0) is 36.6 Å². The van der Waals surface area contributed by atoms with Gasteiger partial charge in [0, 0.05) is 38.4 Å². The molecule has 2 amide bonds. The highest BCUT2D eigenvalue weighted by molar-refractivity contribution is 5.91. The summed E-state index contributed by atoms with van der Waals surface area (Å²) >= 11 is 0. The van der Waals surface area contributed by atoms with Gasteiger partial charge in [-0.25, -0.2) is 0 Å². The lowest BCUT2D eigenvalue weighted by Crippen LogP contribution is -2.35. The number of carbonyl (C=O) groups excluding carboxylic acids is 2. The fourth-order valence-corrected chi connectivity index (χ4v) is 4.20. The molecule has 10 nitrogen and oxygen atoms in total. The van der Waals surface area contributed by atoms with Gasteiger partial charge in [-0.2, -0.15) is 0 Å². The Bertz CT molecular complexity index is 890. The highest BCUT2D eigenvalue weighted by Gasteiger charge is 2.30. The molecule has 1 aromatic carbocycles. The van der Waals surface area contributed by atoms with E-state index in [4.69, 9.17) is 28.8 Å². The molecule has 1 aromatic rings. The summed E-state index contributed by atoms with van der Waals surface area (Å²) in [4.78, 5) is 26.4. The predicted octanol–water partition coefficient (Wildman–Crippen LogP) is 1.28. The van der Waals surface area contributed by atoms with Crippen molar-refractivity contribution in [1.82, 2.24) is 10.2 Å². The maximum absolute atomic E-state index is 12.8. The van der Waals surface area contributed by atoms with E-state index in [2.05, 4.69) is 5.32 Å². The molecule has 0 radical (unpaired) electrons. The third-order valence-corrected chi connectivity index (χ3v) is 5.93. The third kappa shape index (κ3) is 6.40. The van der Waals surface area contributed by atoms with Gasteiger partial charge < -0.3 is 39.0 Å². The summed E-state index contributed by atoms with van der Waals surface area (Å²) < 4.78 is 27.8. The predicted molar refractivity (Wildman–Crippen MR) is 120 cm³/mol. The second-order valence-corrected chi connectivity index (χ2v) is 8.33. The molecule has 1 fully saturated rings. The zero-order chi connectivity index (χ0) is 23.8. The van der Waals surface area contributed by atoms with Gasteiger partial charge in [0.15, 0.2) is 17.3 Å². The van der Waals surface area contributed by atoms with Gasteiger partial charge in [0.25, 0.3) is 5.91 Å². The zero-order valence-corrected chi connectivity index (χ0v) is 19.2. The maximum Gasteiger partial charge on any atom is 0.286 e. The zero-order valence-electron chi connectivity index (χ0n) is 19.2. The summed E-state index contributed by atoms with van der Waals surface area (Å²) in [5.41, 5.74) is 0.968. The molecule has 2 atom stereocenters. The molecule has 186 valence electrons. The highest BCUT2D eigenvalue weighted by atomic mass is 16.7. The summed E-state index contributed by atoms with van der Waals surface area (Å²) in [6.07, 6.45) is 3.90. The van der Waals surface area contributed by atoms with Gasteiger partial charge in [0.05, 0.1) is 26.4 Å². The number of rotatable bonds is 12. The number of fused-ring (bicyclic) bond motifs is 1. The molecule has 3 heterocycles. The number of aliphatic hydroxyl groups excluding tert-OH is 1. The van der Waals surface area contributed by atoms with Crippen LogP contribution in [0.25, 0.3) is 0 Å². The maximum atomic E-state index is 12.8. The summed E-state index contributed by atoms with van der Waals surface area (Å²) in [5.74, 6) is 1.32. The first kappa shape index (κ1) is 24.3. The summed E-state index contributed by atoms with van der Waals surface area (Å²) in [5, 5.41) is 11.7. The molecule has 3 aliphatic rings. The van der Waals surface area contributed by atoms with E-state index >= 15 is 0 Å². The molecule has 4 rings (SSSR count). The van der Waals surface area contributed by atoms with Crippen molar-refractivity contribution in [3.05, 3.63) is 35.6 Å². The average molecular weight is 477 g/mol. The summed E-state index contributed by atoms with van der Waals surface area (Å²) in [6, 6.07) is 5.72. The summed E-state index contributed by atoms with van der Waals surface area (Å²) in [6.45, 7) is 2.85. The Kier molecular flexibility index (Phi) is 8.62. The number of allylic oxidation sites excluding steroid dienone is 1. The second kappa shape index (κ2) is 12.0. The van der Waals surface area contributed by atoms with Gasteiger partial charge in [-0.1, -0.05) is 6.07 Å². The van der Waals surface area contributed by atoms with E-state index in [0.29, 0.717) is 50.5 Å². The van der Waals surface area contributed by atoms with Gasteiger partial charge >= 0.3 is 0 Å². The van der Waals surface area contributed by atoms with Crippen molar-refractivity contribution < 1.29 is 38.4 Å². The molecule has 0 saturated carbocycles. The number of likely N-dealkylation sites (tertiary alicyclic amines) is 1. The fourth-order valence-electron chi connectivity index (χ4n) is 4.20. The van der Waals surface area contributed by atoms with Crippen LogP contribution in [0, 0.1) is 0 Å². The SMILES string of the molecule is O=C(NCCCN1CCCC1=O)C1=C[C@H](c2ccc3c(c2)OCO3)C[C@H](OCCOCCO)O1. The normalized spacial score (nSPS) is 21.4. The molecular formula is C24H32N2O8. The van der Waals surface area contributed by atoms with E-state index in [0.717, 1.165) is 18.5 Å².